The number of fused-ring (bicyclic) bond motifs is 1. The number of hydrogen-bond donors (Lipinski definition) is 0. The van der Waals surface area contributed by atoms with E-state index in [9.17, 15) is 9.59 Å². The molecular formula is C20H19ClN2O3. The first kappa shape index (κ1) is 18.1. The fourth-order valence-corrected chi connectivity index (χ4v) is 2.81. The van der Waals surface area contributed by atoms with E-state index in [0.717, 1.165) is 5.56 Å². The Kier molecular flexibility index (Phi) is 5.38. The highest BCUT2D eigenvalue weighted by Crippen LogP contribution is 2.13. The van der Waals surface area contributed by atoms with Gasteiger partial charge in [-0.3, -0.25) is 14.0 Å². The number of nitrogens with zero attached hydrogens (tertiary/aromatic N) is 2. The van der Waals surface area contributed by atoms with Crippen molar-refractivity contribution in [2.24, 2.45) is 5.92 Å². The molecule has 0 radical (unpaired) electrons. The fourth-order valence-electron chi connectivity index (χ4n) is 2.65. The fraction of sp³-hybridized carbons (Fsp3) is 0.250. The molecule has 1 aromatic carbocycles. The van der Waals surface area contributed by atoms with E-state index < -0.39 is 0 Å². The SMILES string of the molecule is Cc1ccc(CC(C)C(=O)OCc2cc(=O)n3cc(Cl)ccc3n2)cc1. The monoisotopic (exact) mass is 370 g/mol. The number of carbonyl (C=O) groups is 1. The highest BCUT2D eigenvalue weighted by molar-refractivity contribution is 6.30. The van der Waals surface area contributed by atoms with E-state index >= 15 is 0 Å². The molecule has 6 heteroatoms. The normalized spacial score (nSPS) is 12.1. The quantitative estimate of drug-likeness (QED) is 0.644. The van der Waals surface area contributed by atoms with Crippen LogP contribution in [0.2, 0.25) is 5.02 Å². The first-order valence-corrected chi connectivity index (χ1v) is 8.70. The van der Waals surface area contributed by atoms with Crippen LogP contribution in [-0.2, 0) is 22.6 Å². The number of carbonyl (C=O) groups excluding carboxylic acids is 1. The number of esters is 1. The zero-order chi connectivity index (χ0) is 18.7. The number of halogens is 1. The molecule has 3 rings (SSSR count). The van der Waals surface area contributed by atoms with Gasteiger partial charge in [0.1, 0.15) is 12.3 Å². The molecule has 2 heterocycles. The Balaban J connectivity index is 1.65. The Morgan fingerprint density at radius 2 is 1.96 bits per heavy atom. The Labute approximate surface area is 156 Å². The van der Waals surface area contributed by atoms with E-state index in [1.165, 1.54) is 22.2 Å². The van der Waals surface area contributed by atoms with Crippen LogP contribution >= 0.6 is 11.6 Å². The van der Waals surface area contributed by atoms with Crippen LogP contribution in [0.1, 0.15) is 23.7 Å². The van der Waals surface area contributed by atoms with Crippen molar-refractivity contribution in [2.45, 2.75) is 26.9 Å². The maximum atomic E-state index is 12.2. The molecule has 0 bridgehead atoms. The second-order valence-corrected chi connectivity index (χ2v) is 6.80. The predicted octanol–water partition coefficient (Wildman–Crippen LogP) is 3.58. The molecule has 0 amide bonds. The minimum absolute atomic E-state index is 0.0363. The van der Waals surface area contributed by atoms with Gasteiger partial charge in [0, 0.05) is 12.3 Å². The third-order valence-electron chi connectivity index (χ3n) is 4.10. The van der Waals surface area contributed by atoms with Gasteiger partial charge in [0.2, 0.25) is 0 Å². The summed E-state index contributed by atoms with van der Waals surface area (Å²) in [6, 6.07) is 12.7. The van der Waals surface area contributed by atoms with Crippen LogP contribution < -0.4 is 5.56 Å². The van der Waals surface area contributed by atoms with Crippen molar-refractivity contribution in [2.75, 3.05) is 0 Å². The summed E-state index contributed by atoms with van der Waals surface area (Å²) in [4.78, 5) is 28.7. The molecule has 0 aliphatic heterocycles. The van der Waals surface area contributed by atoms with Crippen LogP contribution in [0.4, 0.5) is 0 Å². The summed E-state index contributed by atoms with van der Waals surface area (Å²) >= 11 is 5.89. The van der Waals surface area contributed by atoms with Gasteiger partial charge in [0.05, 0.1) is 16.6 Å². The second-order valence-electron chi connectivity index (χ2n) is 6.36. The van der Waals surface area contributed by atoms with Gasteiger partial charge < -0.3 is 4.74 Å². The molecule has 0 aliphatic carbocycles. The number of aromatic nitrogens is 2. The average molecular weight is 371 g/mol. The molecule has 3 aromatic rings. The Bertz CT molecular complexity index is 996. The third-order valence-corrected chi connectivity index (χ3v) is 4.33. The minimum atomic E-state index is -0.316. The number of ether oxygens (including phenoxy) is 1. The summed E-state index contributed by atoms with van der Waals surface area (Å²) in [5, 5.41) is 0.450. The molecule has 5 nitrogen and oxygen atoms in total. The van der Waals surface area contributed by atoms with Crippen molar-refractivity contribution < 1.29 is 9.53 Å². The van der Waals surface area contributed by atoms with Crippen molar-refractivity contribution in [3.8, 4) is 0 Å². The van der Waals surface area contributed by atoms with Crippen LogP contribution in [0, 0.1) is 12.8 Å². The highest BCUT2D eigenvalue weighted by atomic mass is 35.5. The topological polar surface area (TPSA) is 60.7 Å². The Morgan fingerprint density at radius 3 is 2.69 bits per heavy atom. The maximum absolute atomic E-state index is 12.2. The molecular weight excluding hydrogens is 352 g/mol. The summed E-state index contributed by atoms with van der Waals surface area (Å²) < 4.78 is 6.69. The van der Waals surface area contributed by atoms with Crippen molar-refractivity contribution >= 4 is 23.2 Å². The summed E-state index contributed by atoms with van der Waals surface area (Å²) in [5.41, 5.74) is 2.86. The second kappa shape index (κ2) is 7.70. The lowest BCUT2D eigenvalue weighted by atomic mass is 10.0. The van der Waals surface area contributed by atoms with E-state index in [1.54, 1.807) is 12.1 Å². The van der Waals surface area contributed by atoms with Crippen LogP contribution in [-0.4, -0.2) is 15.4 Å². The lowest BCUT2D eigenvalue weighted by Crippen LogP contribution is -2.19. The van der Waals surface area contributed by atoms with Gasteiger partial charge in [-0.25, -0.2) is 4.98 Å². The predicted molar refractivity (Wildman–Crippen MR) is 100 cm³/mol. The molecule has 2 aromatic heterocycles. The van der Waals surface area contributed by atoms with Crippen molar-refractivity contribution in [1.29, 1.82) is 0 Å². The highest BCUT2D eigenvalue weighted by Gasteiger charge is 2.16. The summed E-state index contributed by atoms with van der Waals surface area (Å²) in [7, 11) is 0. The van der Waals surface area contributed by atoms with Crippen LogP contribution in [0.15, 0.2) is 53.5 Å². The van der Waals surface area contributed by atoms with E-state index in [4.69, 9.17) is 16.3 Å². The zero-order valence-electron chi connectivity index (χ0n) is 14.6. The summed E-state index contributed by atoms with van der Waals surface area (Å²) in [6.07, 6.45) is 2.11. The molecule has 26 heavy (non-hydrogen) atoms. The summed E-state index contributed by atoms with van der Waals surface area (Å²) in [6.45, 7) is 3.81. The maximum Gasteiger partial charge on any atom is 0.309 e. The third kappa shape index (κ3) is 4.29. The van der Waals surface area contributed by atoms with Gasteiger partial charge in [-0.05, 0) is 31.0 Å². The standard InChI is InChI=1S/C20H19ClN2O3/c1-13-3-5-15(6-4-13)9-14(2)20(25)26-12-17-10-19(24)23-11-16(21)7-8-18(23)22-17/h3-8,10-11,14H,9,12H2,1-2H3. The van der Waals surface area contributed by atoms with Gasteiger partial charge in [0.15, 0.2) is 0 Å². The zero-order valence-corrected chi connectivity index (χ0v) is 15.4. The number of rotatable bonds is 5. The molecule has 0 N–H and O–H groups in total. The molecule has 0 aliphatic rings. The number of pyridine rings is 1. The first-order valence-electron chi connectivity index (χ1n) is 8.32. The Hall–Kier alpha value is -2.66. The van der Waals surface area contributed by atoms with Gasteiger partial charge in [-0.2, -0.15) is 0 Å². The largest absolute Gasteiger partial charge is 0.459 e. The van der Waals surface area contributed by atoms with Crippen LogP contribution in [0.25, 0.3) is 5.65 Å². The van der Waals surface area contributed by atoms with Crippen LogP contribution in [0.5, 0.6) is 0 Å². The van der Waals surface area contributed by atoms with E-state index in [-0.39, 0.29) is 24.1 Å². The van der Waals surface area contributed by atoms with E-state index in [1.807, 2.05) is 38.1 Å². The van der Waals surface area contributed by atoms with Gasteiger partial charge in [0.25, 0.3) is 5.56 Å². The molecule has 134 valence electrons. The van der Waals surface area contributed by atoms with Gasteiger partial charge >= 0.3 is 5.97 Å². The van der Waals surface area contributed by atoms with Crippen LogP contribution in [0.3, 0.4) is 0 Å². The van der Waals surface area contributed by atoms with E-state index in [0.29, 0.717) is 22.8 Å². The van der Waals surface area contributed by atoms with Crippen molar-refractivity contribution in [3.63, 3.8) is 0 Å². The van der Waals surface area contributed by atoms with Crippen molar-refractivity contribution in [3.05, 3.63) is 80.9 Å². The lowest BCUT2D eigenvalue weighted by Gasteiger charge is -2.12. The number of aryl methyl sites for hydroxylation is 1. The first-order chi connectivity index (χ1) is 12.4. The molecule has 0 saturated heterocycles. The number of benzene rings is 1. The van der Waals surface area contributed by atoms with Gasteiger partial charge in [-0.1, -0.05) is 48.4 Å². The average Bonchev–Trinajstić information content (AvgIpc) is 2.62. The van der Waals surface area contributed by atoms with E-state index in [2.05, 4.69) is 4.98 Å². The van der Waals surface area contributed by atoms with Gasteiger partial charge in [-0.15, -0.1) is 0 Å². The lowest BCUT2D eigenvalue weighted by molar-refractivity contribution is -0.149. The number of hydrogen-bond acceptors (Lipinski definition) is 4. The molecule has 0 saturated carbocycles. The Morgan fingerprint density at radius 1 is 1.23 bits per heavy atom. The van der Waals surface area contributed by atoms with Crippen molar-refractivity contribution in [1.82, 2.24) is 9.38 Å². The summed E-state index contributed by atoms with van der Waals surface area (Å²) in [5.74, 6) is -0.596. The molecule has 1 atom stereocenters. The smallest absolute Gasteiger partial charge is 0.309 e. The minimum Gasteiger partial charge on any atom is -0.459 e. The molecule has 0 fully saturated rings. The molecule has 1 unspecified atom stereocenters. The molecule has 0 spiro atoms.